The van der Waals surface area contributed by atoms with E-state index in [1.54, 1.807) is 12.1 Å². The van der Waals surface area contributed by atoms with Crippen LogP contribution in [0.25, 0.3) is 0 Å². The number of hydrogen-bond donors (Lipinski definition) is 1. The van der Waals surface area contributed by atoms with Gasteiger partial charge >= 0.3 is 0 Å². The number of nitrogens with one attached hydrogen (secondary N) is 1. The first-order chi connectivity index (χ1) is 15.5. The predicted octanol–water partition coefficient (Wildman–Crippen LogP) is 4.27. The van der Waals surface area contributed by atoms with Gasteiger partial charge in [0.2, 0.25) is 10.0 Å². The van der Waals surface area contributed by atoms with Crippen molar-refractivity contribution in [2.45, 2.75) is 44.4 Å². The zero-order valence-electron chi connectivity index (χ0n) is 20.4. The molecule has 0 atom stereocenters. The van der Waals surface area contributed by atoms with Gasteiger partial charge in [-0.2, -0.15) is 0 Å². The second-order valence-corrected chi connectivity index (χ2v) is 11.3. The molecule has 0 aromatic heterocycles. The number of benzene rings is 2. The van der Waals surface area contributed by atoms with Gasteiger partial charge in [0, 0.05) is 38.6 Å². The van der Waals surface area contributed by atoms with Crippen molar-refractivity contribution in [3.63, 3.8) is 0 Å². The summed E-state index contributed by atoms with van der Waals surface area (Å²) >= 11 is 0. The Balaban J connectivity index is 2.11. The van der Waals surface area contributed by atoms with Crippen molar-refractivity contribution in [2.75, 3.05) is 50.6 Å². The fraction of sp³-hybridized carbons (Fsp3) is 0.480. The minimum Gasteiger partial charge on any atom is -0.378 e. The van der Waals surface area contributed by atoms with Crippen molar-refractivity contribution < 1.29 is 17.9 Å². The summed E-state index contributed by atoms with van der Waals surface area (Å²) in [6.07, 6.45) is 0. The maximum atomic E-state index is 13.7. The summed E-state index contributed by atoms with van der Waals surface area (Å²) in [4.78, 5) is 15.9. The zero-order chi connectivity index (χ0) is 24.3. The number of nitrogens with zero attached hydrogens (tertiary/aromatic N) is 2. The lowest BCUT2D eigenvalue weighted by atomic mass is 9.92. The third-order valence-corrected chi connectivity index (χ3v) is 7.77. The molecule has 0 unspecified atom stereocenters. The maximum Gasteiger partial charge on any atom is 0.257 e. The third kappa shape index (κ3) is 5.39. The molecule has 1 saturated heterocycles. The number of para-hydroxylation sites is 1. The van der Waals surface area contributed by atoms with Gasteiger partial charge in [0.1, 0.15) is 0 Å². The van der Waals surface area contributed by atoms with Crippen LogP contribution in [0.1, 0.15) is 61.0 Å². The zero-order valence-corrected chi connectivity index (χ0v) is 21.2. The van der Waals surface area contributed by atoms with Crippen LogP contribution in [-0.2, 0) is 14.8 Å². The van der Waals surface area contributed by atoms with E-state index < -0.39 is 10.0 Å². The highest BCUT2D eigenvalue weighted by atomic mass is 32.2. The Bertz CT molecular complexity index is 1080. The molecule has 8 heteroatoms. The predicted molar refractivity (Wildman–Crippen MR) is 133 cm³/mol. The van der Waals surface area contributed by atoms with E-state index in [1.807, 2.05) is 18.2 Å². The first-order valence-electron chi connectivity index (χ1n) is 11.4. The number of amides is 1. The van der Waals surface area contributed by atoms with E-state index in [0.29, 0.717) is 37.6 Å². The standard InChI is InChI=1S/C25H35N3O4S/c1-17(2)20-8-7-9-21(18(3)4)24(20)26-25(29)22-16-19(33(30,31)27(5)6)10-11-23(22)28-12-14-32-15-13-28/h7-11,16-18H,12-15H2,1-6H3,(H,26,29). The molecule has 0 radical (unpaired) electrons. The molecule has 1 aliphatic heterocycles. The molecular weight excluding hydrogens is 438 g/mol. The van der Waals surface area contributed by atoms with E-state index in [-0.39, 0.29) is 22.6 Å². The summed E-state index contributed by atoms with van der Waals surface area (Å²) in [5.74, 6) is 0.124. The summed E-state index contributed by atoms with van der Waals surface area (Å²) in [6, 6.07) is 10.9. The van der Waals surface area contributed by atoms with Crippen molar-refractivity contribution >= 4 is 27.3 Å². The average molecular weight is 474 g/mol. The summed E-state index contributed by atoms with van der Waals surface area (Å²) in [5.41, 5.74) is 3.97. The molecule has 0 aliphatic carbocycles. The van der Waals surface area contributed by atoms with Gasteiger partial charge in [0.15, 0.2) is 0 Å². The molecular formula is C25H35N3O4S. The lowest BCUT2D eigenvalue weighted by Gasteiger charge is -2.31. The Morgan fingerprint density at radius 3 is 2.09 bits per heavy atom. The molecule has 0 saturated carbocycles. The Kier molecular flexibility index (Phi) is 7.82. The number of rotatable bonds is 7. The molecule has 33 heavy (non-hydrogen) atoms. The third-order valence-electron chi connectivity index (χ3n) is 5.95. The van der Waals surface area contributed by atoms with Crippen LogP contribution in [0.5, 0.6) is 0 Å². The van der Waals surface area contributed by atoms with E-state index in [2.05, 4.69) is 37.9 Å². The van der Waals surface area contributed by atoms with E-state index in [9.17, 15) is 13.2 Å². The van der Waals surface area contributed by atoms with Gasteiger partial charge in [0.05, 0.1) is 23.7 Å². The lowest BCUT2D eigenvalue weighted by Crippen LogP contribution is -2.37. The SMILES string of the molecule is CC(C)c1cccc(C(C)C)c1NC(=O)c1cc(S(=O)(=O)N(C)C)ccc1N1CCOCC1. The first-order valence-corrected chi connectivity index (χ1v) is 12.8. The average Bonchev–Trinajstić information content (AvgIpc) is 2.78. The Morgan fingerprint density at radius 1 is 1.00 bits per heavy atom. The van der Waals surface area contributed by atoms with E-state index >= 15 is 0 Å². The summed E-state index contributed by atoms with van der Waals surface area (Å²) < 4.78 is 32.2. The molecule has 1 N–H and O–H groups in total. The van der Waals surface area contributed by atoms with Gasteiger partial charge in [-0.3, -0.25) is 4.79 Å². The largest absolute Gasteiger partial charge is 0.378 e. The monoisotopic (exact) mass is 473 g/mol. The quantitative estimate of drug-likeness (QED) is 0.650. The van der Waals surface area contributed by atoms with Crippen LogP contribution in [0, 0.1) is 0 Å². The number of hydrogen-bond acceptors (Lipinski definition) is 5. The van der Waals surface area contributed by atoms with Crippen LogP contribution < -0.4 is 10.2 Å². The molecule has 3 rings (SSSR count). The van der Waals surface area contributed by atoms with Crippen LogP contribution in [0.2, 0.25) is 0 Å². The summed E-state index contributed by atoms with van der Waals surface area (Å²) in [5, 5.41) is 3.14. The van der Waals surface area contributed by atoms with Gasteiger partial charge in [-0.15, -0.1) is 0 Å². The fourth-order valence-corrected chi connectivity index (χ4v) is 4.95. The van der Waals surface area contributed by atoms with Crippen molar-refractivity contribution in [1.29, 1.82) is 0 Å². The molecule has 0 spiro atoms. The van der Waals surface area contributed by atoms with Crippen LogP contribution in [0.15, 0.2) is 41.3 Å². The highest BCUT2D eigenvalue weighted by Gasteiger charge is 2.25. The Labute approximate surface area is 197 Å². The van der Waals surface area contributed by atoms with Gasteiger partial charge in [-0.1, -0.05) is 45.9 Å². The molecule has 180 valence electrons. The summed E-state index contributed by atoms with van der Waals surface area (Å²) in [7, 11) is -0.717. The van der Waals surface area contributed by atoms with Crippen molar-refractivity contribution in [3.05, 3.63) is 53.1 Å². The molecule has 1 fully saturated rings. The number of ether oxygens (including phenoxy) is 1. The van der Waals surface area contributed by atoms with Gasteiger partial charge in [0.25, 0.3) is 5.91 Å². The highest BCUT2D eigenvalue weighted by molar-refractivity contribution is 7.89. The smallest absolute Gasteiger partial charge is 0.257 e. The van der Waals surface area contributed by atoms with Gasteiger partial charge in [-0.05, 0) is 41.2 Å². The van der Waals surface area contributed by atoms with Crippen molar-refractivity contribution in [2.24, 2.45) is 0 Å². The Morgan fingerprint density at radius 2 is 1.58 bits per heavy atom. The number of carbonyl (C=O) groups excluding carboxylic acids is 1. The minimum atomic E-state index is -3.69. The van der Waals surface area contributed by atoms with Crippen LogP contribution in [0.3, 0.4) is 0 Å². The second kappa shape index (κ2) is 10.2. The molecule has 1 aliphatic rings. The van der Waals surface area contributed by atoms with E-state index in [4.69, 9.17) is 4.74 Å². The topological polar surface area (TPSA) is 79.0 Å². The van der Waals surface area contributed by atoms with E-state index in [0.717, 1.165) is 21.1 Å². The number of sulfonamides is 1. The lowest BCUT2D eigenvalue weighted by molar-refractivity contribution is 0.102. The second-order valence-electron chi connectivity index (χ2n) is 9.14. The highest BCUT2D eigenvalue weighted by Crippen LogP contribution is 2.34. The van der Waals surface area contributed by atoms with Crippen LogP contribution in [-0.4, -0.2) is 59.0 Å². The molecule has 2 aromatic rings. The molecule has 2 aromatic carbocycles. The van der Waals surface area contributed by atoms with Crippen LogP contribution >= 0.6 is 0 Å². The maximum absolute atomic E-state index is 13.7. The number of carbonyl (C=O) groups is 1. The fourth-order valence-electron chi connectivity index (χ4n) is 4.02. The summed E-state index contributed by atoms with van der Waals surface area (Å²) in [6.45, 7) is 10.8. The molecule has 1 heterocycles. The molecule has 0 bridgehead atoms. The molecule has 1 amide bonds. The normalized spacial score (nSPS) is 14.9. The first kappa shape index (κ1) is 25.2. The minimum absolute atomic E-state index is 0.0934. The van der Waals surface area contributed by atoms with Gasteiger partial charge in [-0.25, -0.2) is 12.7 Å². The number of morpholine rings is 1. The van der Waals surface area contributed by atoms with Crippen molar-refractivity contribution in [3.8, 4) is 0 Å². The molecule has 7 nitrogen and oxygen atoms in total. The number of anilines is 2. The van der Waals surface area contributed by atoms with E-state index in [1.165, 1.54) is 20.2 Å². The van der Waals surface area contributed by atoms with Gasteiger partial charge < -0.3 is 15.0 Å². The van der Waals surface area contributed by atoms with Crippen molar-refractivity contribution in [1.82, 2.24) is 4.31 Å². The van der Waals surface area contributed by atoms with Crippen LogP contribution in [0.4, 0.5) is 11.4 Å². The Hall–Kier alpha value is -2.42.